The third-order valence-corrected chi connectivity index (χ3v) is 7.25. The van der Waals surface area contributed by atoms with Gasteiger partial charge in [0.1, 0.15) is 11.6 Å². The van der Waals surface area contributed by atoms with Crippen LogP contribution in [-0.4, -0.2) is 37.5 Å². The molecule has 12 heteroatoms. The number of aromatic nitrogens is 4. The van der Waals surface area contributed by atoms with E-state index in [9.17, 15) is 14.4 Å². The lowest BCUT2D eigenvalue weighted by Gasteiger charge is -2.18. The first-order valence-corrected chi connectivity index (χ1v) is 12.9. The normalized spacial score (nSPS) is 11.5. The van der Waals surface area contributed by atoms with Crippen LogP contribution in [0.1, 0.15) is 40.1 Å². The van der Waals surface area contributed by atoms with Gasteiger partial charge in [-0.25, -0.2) is 4.37 Å². The van der Waals surface area contributed by atoms with E-state index in [2.05, 4.69) is 14.8 Å². The molecule has 0 spiro atoms. The summed E-state index contributed by atoms with van der Waals surface area (Å²) in [6, 6.07) is 8.38. The van der Waals surface area contributed by atoms with Crippen LogP contribution >= 0.6 is 34.5 Å². The van der Waals surface area contributed by atoms with Crippen molar-refractivity contribution in [3.8, 4) is 17.0 Å². The summed E-state index contributed by atoms with van der Waals surface area (Å²) in [5.74, 6) is 0.370. The molecule has 4 heterocycles. The molecule has 0 fully saturated rings. The Morgan fingerprint density at radius 3 is 2.58 bits per heavy atom. The van der Waals surface area contributed by atoms with Crippen molar-refractivity contribution in [2.45, 2.75) is 33.9 Å². The molecule has 4 aromatic rings. The first kappa shape index (κ1) is 25.8. The predicted molar refractivity (Wildman–Crippen MR) is 142 cm³/mol. The highest BCUT2D eigenvalue weighted by Crippen LogP contribution is 2.31. The number of hydrogen-bond acceptors (Lipinski definition) is 9. The first-order valence-electron chi connectivity index (χ1n) is 10.9. The van der Waals surface area contributed by atoms with Crippen molar-refractivity contribution in [3.05, 3.63) is 67.2 Å². The van der Waals surface area contributed by atoms with E-state index < -0.39 is 11.0 Å². The SMILES string of the molecule is COc1cn(CC(=O)c2ccns2)c(=O)cc1-c1cc(NCc2ccc(Cl)s2)n(C(=O)C(C)(C)C)n1. The molecule has 4 aromatic heterocycles. The first-order chi connectivity index (χ1) is 17.1. The van der Waals surface area contributed by atoms with E-state index in [0.29, 0.717) is 38.6 Å². The largest absolute Gasteiger partial charge is 0.495 e. The Hall–Kier alpha value is -3.28. The van der Waals surface area contributed by atoms with E-state index >= 15 is 0 Å². The molecule has 188 valence electrons. The van der Waals surface area contributed by atoms with Crippen LogP contribution in [0.15, 0.2) is 47.5 Å². The van der Waals surface area contributed by atoms with Gasteiger partial charge in [-0.1, -0.05) is 32.4 Å². The number of anilines is 1. The Labute approximate surface area is 220 Å². The van der Waals surface area contributed by atoms with Crippen molar-refractivity contribution in [1.82, 2.24) is 18.7 Å². The lowest BCUT2D eigenvalue weighted by molar-refractivity contribution is 0.0752. The van der Waals surface area contributed by atoms with Crippen LogP contribution in [-0.2, 0) is 13.1 Å². The maximum Gasteiger partial charge on any atom is 0.254 e. The van der Waals surface area contributed by atoms with Crippen LogP contribution in [0.3, 0.4) is 0 Å². The molecule has 9 nitrogen and oxygen atoms in total. The van der Waals surface area contributed by atoms with E-state index in [1.807, 2.05) is 12.1 Å². The van der Waals surface area contributed by atoms with Crippen molar-refractivity contribution in [2.75, 3.05) is 12.4 Å². The van der Waals surface area contributed by atoms with Gasteiger partial charge in [-0.3, -0.25) is 14.4 Å². The molecule has 0 atom stereocenters. The third-order valence-electron chi connectivity index (χ3n) is 5.23. The second-order valence-corrected chi connectivity index (χ2v) is 11.6. The van der Waals surface area contributed by atoms with Crippen molar-refractivity contribution < 1.29 is 14.3 Å². The van der Waals surface area contributed by atoms with Crippen molar-refractivity contribution in [1.29, 1.82) is 0 Å². The van der Waals surface area contributed by atoms with Gasteiger partial charge < -0.3 is 14.6 Å². The summed E-state index contributed by atoms with van der Waals surface area (Å²) < 4.78 is 12.7. The second-order valence-electron chi connectivity index (χ2n) is 8.96. The molecule has 0 saturated carbocycles. The predicted octanol–water partition coefficient (Wildman–Crippen LogP) is 5.07. The molecule has 0 bridgehead atoms. The molecule has 36 heavy (non-hydrogen) atoms. The van der Waals surface area contributed by atoms with Gasteiger partial charge in [-0.2, -0.15) is 9.78 Å². The summed E-state index contributed by atoms with van der Waals surface area (Å²) in [7, 11) is 1.47. The van der Waals surface area contributed by atoms with Gasteiger partial charge in [0.2, 0.25) is 0 Å². The number of pyridine rings is 1. The van der Waals surface area contributed by atoms with Gasteiger partial charge in [0.25, 0.3) is 11.5 Å². The summed E-state index contributed by atoms with van der Waals surface area (Å²) in [6.45, 7) is 5.72. The number of Topliss-reactive ketones (excluding diaryl/α,β-unsaturated/α-hetero) is 1. The molecular weight excluding hydrogens is 522 g/mol. The molecule has 0 aliphatic heterocycles. The number of hydrogen-bond donors (Lipinski definition) is 1. The van der Waals surface area contributed by atoms with E-state index in [1.165, 1.54) is 46.2 Å². The number of rotatable bonds is 8. The fourth-order valence-corrected chi connectivity index (χ4v) is 4.92. The maximum absolute atomic E-state index is 13.2. The van der Waals surface area contributed by atoms with Gasteiger partial charge in [0.05, 0.1) is 46.9 Å². The van der Waals surface area contributed by atoms with Crippen LogP contribution in [0.4, 0.5) is 5.82 Å². The van der Waals surface area contributed by atoms with Gasteiger partial charge in [-0.15, -0.1) is 11.3 Å². The quantitative estimate of drug-likeness (QED) is 0.308. The Morgan fingerprint density at radius 1 is 1.19 bits per heavy atom. The Morgan fingerprint density at radius 2 is 1.97 bits per heavy atom. The van der Waals surface area contributed by atoms with Crippen LogP contribution in [0.5, 0.6) is 5.75 Å². The second kappa shape index (κ2) is 10.4. The zero-order valence-electron chi connectivity index (χ0n) is 20.1. The molecular formula is C24H24ClN5O4S2. The van der Waals surface area contributed by atoms with E-state index in [0.717, 1.165) is 16.4 Å². The maximum atomic E-state index is 13.2. The Kier molecular flexibility index (Phi) is 7.43. The van der Waals surface area contributed by atoms with Crippen molar-refractivity contribution >= 4 is 52.0 Å². The van der Waals surface area contributed by atoms with E-state index in [4.69, 9.17) is 16.3 Å². The highest BCUT2D eigenvalue weighted by atomic mass is 35.5. The number of nitrogens with zero attached hydrogens (tertiary/aromatic N) is 4. The minimum atomic E-state index is -0.698. The average molecular weight is 546 g/mol. The zero-order valence-corrected chi connectivity index (χ0v) is 22.5. The lowest BCUT2D eigenvalue weighted by atomic mass is 9.96. The fourth-order valence-electron chi connectivity index (χ4n) is 3.37. The molecule has 0 amide bonds. The van der Waals surface area contributed by atoms with Crippen molar-refractivity contribution in [2.24, 2.45) is 5.41 Å². The van der Waals surface area contributed by atoms with Gasteiger partial charge in [-0.05, 0) is 29.7 Å². The smallest absolute Gasteiger partial charge is 0.254 e. The summed E-state index contributed by atoms with van der Waals surface area (Å²) in [5, 5.41) is 7.77. The van der Waals surface area contributed by atoms with Crippen LogP contribution < -0.4 is 15.6 Å². The molecule has 4 rings (SSSR count). The van der Waals surface area contributed by atoms with Gasteiger partial charge in [0, 0.05) is 28.6 Å². The van der Waals surface area contributed by atoms with Gasteiger partial charge in [0.15, 0.2) is 5.78 Å². The number of halogens is 1. The van der Waals surface area contributed by atoms with Gasteiger partial charge >= 0.3 is 0 Å². The molecule has 0 aliphatic carbocycles. The Balaban J connectivity index is 1.70. The number of carbonyl (C=O) groups excluding carboxylic acids is 2. The third kappa shape index (κ3) is 5.58. The molecule has 0 aliphatic rings. The number of carbonyl (C=O) groups is 2. The van der Waals surface area contributed by atoms with Crippen LogP contribution in [0.25, 0.3) is 11.3 Å². The molecule has 0 radical (unpaired) electrons. The summed E-state index contributed by atoms with van der Waals surface area (Å²) in [6.07, 6.45) is 3.01. The molecule has 0 unspecified atom stereocenters. The minimum absolute atomic E-state index is 0.148. The highest BCUT2D eigenvalue weighted by Gasteiger charge is 2.28. The molecule has 0 saturated heterocycles. The highest BCUT2D eigenvalue weighted by molar-refractivity contribution is 7.16. The number of ether oxygens (including phenoxy) is 1. The average Bonchev–Trinajstić information content (AvgIpc) is 3.58. The van der Waals surface area contributed by atoms with E-state index in [1.54, 1.807) is 32.9 Å². The standard InChI is InChI=1S/C24H24ClN5O4S2/c1-24(2,3)23(33)30-21(26-11-14-5-6-20(25)35-14)10-16(28-30)15-9-22(32)29(13-18(15)34-4)12-17(31)19-7-8-27-36-19/h5-10,13,26H,11-12H2,1-4H3. The van der Waals surface area contributed by atoms with E-state index in [-0.39, 0.29) is 18.2 Å². The topological polar surface area (TPSA) is 108 Å². The molecule has 0 aromatic carbocycles. The number of methoxy groups -OCH3 is 1. The molecule has 1 N–H and O–H groups in total. The summed E-state index contributed by atoms with van der Waals surface area (Å²) >= 11 is 8.55. The zero-order chi connectivity index (χ0) is 26.0. The summed E-state index contributed by atoms with van der Waals surface area (Å²) in [4.78, 5) is 40.0. The Bertz CT molecular complexity index is 1460. The van der Waals surface area contributed by atoms with Crippen LogP contribution in [0, 0.1) is 5.41 Å². The van der Waals surface area contributed by atoms with Crippen molar-refractivity contribution in [3.63, 3.8) is 0 Å². The minimum Gasteiger partial charge on any atom is -0.495 e. The fraction of sp³-hybridized carbons (Fsp3) is 0.292. The van der Waals surface area contributed by atoms with Crippen LogP contribution in [0.2, 0.25) is 4.34 Å². The lowest BCUT2D eigenvalue weighted by Crippen LogP contribution is -2.28. The number of nitrogens with one attached hydrogen (secondary N) is 1. The monoisotopic (exact) mass is 545 g/mol. The number of ketones is 1. The number of thiophene rings is 1. The summed E-state index contributed by atoms with van der Waals surface area (Å²) in [5.41, 5.74) is -0.305.